The standard InChI is InChI=1S/C11H16O2S/c1-11(2,13-3)10(12)7-6-9-5-4-8-14-9/h4-5,8H,6-7H2,1-3H3. The Morgan fingerprint density at radius 2 is 2.29 bits per heavy atom. The van der Waals surface area contributed by atoms with Gasteiger partial charge in [0.25, 0.3) is 0 Å². The van der Waals surface area contributed by atoms with Crippen molar-refractivity contribution in [3.8, 4) is 0 Å². The highest BCUT2D eigenvalue weighted by atomic mass is 32.1. The molecule has 1 aromatic rings. The van der Waals surface area contributed by atoms with E-state index in [0.29, 0.717) is 6.42 Å². The number of Topliss-reactive ketones (excluding diaryl/α,β-unsaturated/α-hetero) is 1. The molecule has 0 fully saturated rings. The molecule has 0 aliphatic carbocycles. The Labute approximate surface area is 88.9 Å². The number of ketones is 1. The summed E-state index contributed by atoms with van der Waals surface area (Å²) in [7, 11) is 1.57. The number of methoxy groups -OCH3 is 1. The number of thiophene rings is 1. The average molecular weight is 212 g/mol. The molecular weight excluding hydrogens is 196 g/mol. The van der Waals surface area contributed by atoms with Crippen LogP contribution in [0.1, 0.15) is 25.1 Å². The summed E-state index contributed by atoms with van der Waals surface area (Å²) < 4.78 is 5.12. The van der Waals surface area contributed by atoms with Crippen molar-refractivity contribution < 1.29 is 9.53 Å². The fourth-order valence-electron chi connectivity index (χ4n) is 1.11. The highest BCUT2D eigenvalue weighted by molar-refractivity contribution is 7.09. The van der Waals surface area contributed by atoms with Crippen molar-refractivity contribution in [3.63, 3.8) is 0 Å². The van der Waals surface area contributed by atoms with Gasteiger partial charge in [-0.3, -0.25) is 4.79 Å². The Kier molecular flexibility index (Phi) is 3.84. The molecule has 1 heterocycles. The van der Waals surface area contributed by atoms with Gasteiger partial charge >= 0.3 is 0 Å². The van der Waals surface area contributed by atoms with E-state index < -0.39 is 5.60 Å². The molecule has 14 heavy (non-hydrogen) atoms. The van der Waals surface area contributed by atoms with E-state index in [4.69, 9.17) is 4.74 Å². The number of hydrogen-bond acceptors (Lipinski definition) is 3. The number of rotatable bonds is 5. The minimum atomic E-state index is -0.642. The van der Waals surface area contributed by atoms with Crippen molar-refractivity contribution in [1.29, 1.82) is 0 Å². The molecule has 0 spiro atoms. The zero-order chi connectivity index (χ0) is 10.6. The summed E-state index contributed by atoms with van der Waals surface area (Å²) >= 11 is 1.69. The third-order valence-electron chi connectivity index (χ3n) is 2.36. The highest BCUT2D eigenvalue weighted by Crippen LogP contribution is 2.16. The van der Waals surface area contributed by atoms with Gasteiger partial charge in [-0.2, -0.15) is 0 Å². The van der Waals surface area contributed by atoms with Crippen molar-refractivity contribution in [2.45, 2.75) is 32.3 Å². The molecule has 0 aliphatic rings. The summed E-state index contributed by atoms with van der Waals surface area (Å²) in [6.07, 6.45) is 1.38. The van der Waals surface area contributed by atoms with E-state index >= 15 is 0 Å². The van der Waals surface area contributed by atoms with Crippen LogP contribution in [0.25, 0.3) is 0 Å². The average Bonchev–Trinajstić information content (AvgIpc) is 2.66. The second-order valence-electron chi connectivity index (χ2n) is 3.72. The van der Waals surface area contributed by atoms with E-state index in [0.717, 1.165) is 6.42 Å². The molecule has 0 aromatic carbocycles. The van der Waals surface area contributed by atoms with Gasteiger partial charge < -0.3 is 4.74 Å². The summed E-state index contributed by atoms with van der Waals surface area (Å²) in [5.74, 6) is 0.161. The summed E-state index contributed by atoms with van der Waals surface area (Å²) in [6.45, 7) is 3.62. The van der Waals surface area contributed by atoms with E-state index in [1.54, 1.807) is 18.4 Å². The lowest BCUT2D eigenvalue weighted by Gasteiger charge is -2.20. The monoisotopic (exact) mass is 212 g/mol. The Bertz CT molecular complexity index is 288. The molecule has 1 rings (SSSR count). The lowest BCUT2D eigenvalue weighted by atomic mass is 9.99. The van der Waals surface area contributed by atoms with Gasteiger partial charge in [-0.05, 0) is 31.7 Å². The number of carbonyl (C=O) groups is 1. The fraction of sp³-hybridized carbons (Fsp3) is 0.545. The zero-order valence-corrected chi connectivity index (χ0v) is 9.69. The van der Waals surface area contributed by atoms with Crippen molar-refractivity contribution in [2.75, 3.05) is 7.11 Å². The van der Waals surface area contributed by atoms with Gasteiger partial charge in [0.05, 0.1) is 0 Å². The predicted molar refractivity (Wildman–Crippen MR) is 58.7 cm³/mol. The first kappa shape index (κ1) is 11.4. The molecule has 0 N–H and O–H groups in total. The van der Waals surface area contributed by atoms with Crippen LogP contribution in [-0.4, -0.2) is 18.5 Å². The van der Waals surface area contributed by atoms with Crippen LogP contribution in [0.5, 0.6) is 0 Å². The van der Waals surface area contributed by atoms with Crippen LogP contribution in [0.2, 0.25) is 0 Å². The summed E-state index contributed by atoms with van der Waals surface area (Å²) in [5.41, 5.74) is -0.642. The third kappa shape index (κ3) is 2.93. The quantitative estimate of drug-likeness (QED) is 0.750. The van der Waals surface area contributed by atoms with Crippen LogP contribution in [0.4, 0.5) is 0 Å². The Balaban J connectivity index is 2.43. The zero-order valence-electron chi connectivity index (χ0n) is 8.87. The fourth-order valence-corrected chi connectivity index (χ4v) is 1.82. The Morgan fingerprint density at radius 1 is 1.57 bits per heavy atom. The molecule has 0 saturated carbocycles. The molecule has 78 valence electrons. The van der Waals surface area contributed by atoms with E-state index in [-0.39, 0.29) is 5.78 Å². The molecule has 0 unspecified atom stereocenters. The molecule has 0 saturated heterocycles. The van der Waals surface area contributed by atoms with Crippen LogP contribution in [0, 0.1) is 0 Å². The highest BCUT2D eigenvalue weighted by Gasteiger charge is 2.25. The number of carbonyl (C=O) groups excluding carboxylic acids is 1. The van der Waals surface area contributed by atoms with Crippen LogP contribution in [0.3, 0.4) is 0 Å². The van der Waals surface area contributed by atoms with Gasteiger partial charge in [0, 0.05) is 18.4 Å². The minimum absolute atomic E-state index is 0.161. The number of aryl methyl sites for hydroxylation is 1. The lowest BCUT2D eigenvalue weighted by molar-refractivity contribution is -0.137. The Hall–Kier alpha value is -0.670. The smallest absolute Gasteiger partial charge is 0.164 e. The largest absolute Gasteiger partial charge is 0.371 e. The first-order valence-corrected chi connectivity index (χ1v) is 5.55. The first-order valence-electron chi connectivity index (χ1n) is 4.67. The van der Waals surface area contributed by atoms with Crippen LogP contribution in [-0.2, 0) is 16.0 Å². The van der Waals surface area contributed by atoms with E-state index in [2.05, 4.69) is 6.07 Å². The molecule has 0 atom stereocenters. The second-order valence-corrected chi connectivity index (χ2v) is 4.75. The SMILES string of the molecule is COC(C)(C)C(=O)CCc1cccs1. The molecular formula is C11H16O2S. The van der Waals surface area contributed by atoms with Crippen molar-refractivity contribution >= 4 is 17.1 Å². The van der Waals surface area contributed by atoms with E-state index in [1.807, 2.05) is 25.3 Å². The van der Waals surface area contributed by atoms with Crippen LogP contribution in [0.15, 0.2) is 17.5 Å². The maximum atomic E-state index is 11.7. The lowest BCUT2D eigenvalue weighted by Crippen LogP contribution is -2.33. The van der Waals surface area contributed by atoms with Gasteiger partial charge in [0.2, 0.25) is 0 Å². The topological polar surface area (TPSA) is 26.3 Å². The molecule has 3 heteroatoms. The van der Waals surface area contributed by atoms with Gasteiger partial charge in [-0.15, -0.1) is 11.3 Å². The maximum Gasteiger partial charge on any atom is 0.164 e. The van der Waals surface area contributed by atoms with Crippen LogP contribution < -0.4 is 0 Å². The molecule has 0 bridgehead atoms. The van der Waals surface area contributed by atoms with Gasteiger partial charge in [-0.1, -0.05) is 6.07 Å². The molecule has 0 radical (unpaired) electrons. The predicted octanol–water partition coefficient (Wildman–Crippen LogP) is 2.67. The van der Waals surface area contributed by atoms with Crippen molar-refractivity contribution in [3.05, 3.63) is 22.4 Å². The van der Waals surface area contributed by atoms with Gasteiger partial charge in [0.1, 0.15) is 5.60 Å². The number of hydrogen-bond donors (Lipinski definition) is 0. The summed E-state index contributed by atoms with van der Waals surface area (Å²) in [4.78, 5) is 12.9. The molecule has 1 aromatic heterocycles. The third-order valence-corrected chi connectivity index (χ3v) is 3.30. The molecule has 2 nitrogen and oxygen atoms in total. The molecule has 0 amide bonds. The van der Waals surface area contributed by atoms with Gasteiger partial charge in [0.15, 0.2) is 5.78 Å². The summed E-state index contributed by atoms with van der Waals surface area (Å²) in [5, 5.41) is 2.03. The normalized spacial score (nSPS) is 11.6. The van der Waals surface area contributed by atoms with Crippen LogP contribution >= 0.6 is 11.3 Å². The van der Waals surface area contributed by atoms with Gasteiger partial charge in [-0.25, -0.2) is 0 Å². The summed E-state index contributed by atoms with van der Waals surface area (Å²) in [6, 6.07) is 4.06. The van der Waals surface area contributed by atoms with Crippen molar-refractivity contribution in [1.82, 2.24) is 0 Å². The Morgan fingerprint density at radius 3 is 2.79 bits per heavy atom. The number of ether oxygens (including phenoxy) is 1. The minimum Gasteiger partial charge on any atom is -0.371 e. The maximum absolute atomic E-state index is 11.7. The second kappa shape index (κ2) is 4.71. The van der Waals surface area contributed by atoms with E-state index in [9.17, 15) is 4.79 Å². The first-order chi connectivity index (χ1) is 6.56. The molecule has 0 aliphatic heterocycles. The van der Waals surface area contributed by atoms with E-state index in [1.165, 1.54) is 4.88 Å². The van der Waals surface area contributed by atoms with Crippen molar-refractivity contribution in [2.24, 2.45) is 0 Å².